The molecule has 0 fully saturated rings. The second kappa shape index (κ2) is 2.01. The van der Waals surface area contributed by atoms with Crippen LogP contribution in [0.2, 0.25) is 0 Å². The Morgan fingerprint density at radius 2 is 2.14 bits per heavy atom. The molecule has 0 spiro atoms. The van der Waals surface area contributed by atoms with Gasteiger partial charge in [-0.25, -0.2) is 0 Å². The van der Waals surface area contributed by atoms with Crippen molar-refractivity contribution in [2.45, 2.75) is 0 Å². The highest BCUT2D eigenvalue weighted by Gasteiger charge is 1.86. The topological polar surface area (TPSA) is 15.8 Å². The summed E-state index contributed by atoms with van der Waals surface area (Å²) in [7, 11) is 0. The molecule has 0 bridgehead atoms. The minimum atomic E-state index is 0.999. The van der Waals surface area contributed by atoms with Gasteiger partial charge in [-0.2, -0.15) is 0 Å². The van der Waals surface area contributed by atoms with Gasteiger partial charge in [-0.3, -0.25) is 0 Å². The Bertz CT molecular complexity index is 142. The van der Waals surface area contributed by atoms with Gasteiger partial charge in [0.1, 0.15) is 0 Å². The lowest BCUT2D eigenvalue weighted by Crippen LogP contribution is -1.50. The van der Waals surface area contributed by atoms with E-state index in [0.717, 1.165) is 9.08 Å². The Kier molecular flexibility index (Phi) is 1.54. The molecule has 0 atom stereocenters. The molecule has 1 nitrogen and oxygen atoms in total. The number of hydrogen-bond acceptors (Lipinski definition) is 0. The maximum atomic E-state index is 3.27. The van der Waals surface area contributed by atoms with Crippen LogP contribution >= 0.6 is 31.9 Å². The second-order valence-electron chi connectivity index (χ2n) is 1.17. The summed E-state index contributed by atoms with van der Waals surface area (Å²) in [5, 5.41) is 0. The fourth-order valence-corrected chi connectivity index (χ4v) is 1.35. The molecule has 1 aromatic rings. The lowest BCUT2D eigenvalue weighted by Gasteiger charge is -1.67. The Balaban J connectivity index is 3.04. The van der Waals surface area contributed by atoms with Gasteiger partial charge in [0.05, 0.1) is 4.60 Å². The average Bonchev–Trinajstić information content (AvgIpc) is 1.87. The molecule has 3 heteroatoms. The molecule has 1 rings (SSSR count). The third-order valence-electron chi connectivity index (χ3n) is 0.613. The number of aromatic nitrogens is 1. The van der Waals surface area contributed by atoms with Crippen molar-refractivity contribution < 1.29 is 0 Å². The summed E-state index contributed by atoms with van der Waals surface area (Å²) in [5.74, 6) is 0. The summed E-state index contributed by atoms with van der Waals surface area (Å²) in [5.41, 5.74) is 0. The second-order valence-corrected chi connectivity index (χ2v) is 2.94. The van der Waals surface area contributed by atoms with E-state index in [1.807, 2.05) is 12.3 Å². The van der Waals surface area contributed by atoms with Crippen LogP contribution in [0, 0.1) is 0 Å². The van der Waals surface area contributed by atoms with E-state index in [1.54, 1.807) is 0 Å². The van der Waals surface area contributed by atoms with Gasteiger partial charge in [0.2, 0.25) is 0 Å². The summed E-state index contributed by atoms with van der Waals surface area (Å²) < 4.78 is 2.07. The highest BCUT2D eigenvalue weighted by atomic mass is 79.9. The van der Waals surface area contributed by atoms with E-state index >= 15 is 0 Å². The molecule has 1 aromatic heterocycles. The van der Waals surface area contributed by atoms with Crippen LogP contribution in [0.5, 0.6) is 0 Å². The SMILES string of the molecule is Brc1c[nH]c(Br)c1. The van der Waals surface area contributed by atoms with Crippen molar-refractivity contribution in [3.05, 3.63) is 21.3 Å². The van der Waals surface area contributed by atoms with E-state index < -0.39 is 0 Å². The van der Waals surface area contributed by atoms with Crippen LogP contribution in [0.15, 0.2) is 21.3 Å². The fourth-order valence-electron chi connectivity index (χ4n) is 0.342. The lowest BCUT2D eigenvalue weighted by molar-refractivity contribution is 1.36. The monoisotopic (exact) mass is 223 g/mol. The average molecular weight is 225 g/mol. The van der Waals surface area contributed by atoms with Gasteiger partial charge in [0, 0.05) is 10.7 Å². The highest BCUT2D eigenvalue weighted by molar-refractivity contribution is 9.11. The smallest absolute Gasteiger partial charge is 0.0831 e. The first-order valence-corrected chi connectivity index (χ1v) is 3.37. The van der Waals surface area contributed by atoms with E-state index in [-0.39, 0.29) is 0 Å². The van der Waals surface area contributed by atoms with Gasteiger partial charge in [-0.05, 0) is 37.9 Å². The van der Waals surface area contributed by atoms with Crippen LogP contribution in [0.3, 0.4) is 0 Å². The molecule has 0 saturated carbocycles. The summed E-state index contributed by atoms with van der Waals surface area (Å²) in [6, 6.07) is 1.94. The summed E-state index contributed by atoms with van der Waals surface area (Å²) in [6.45, 7) is 0. The van der Waals surface area contributed by atoms with Crippen LogP contribution in [0.1, 0.15) is 0 Å². The molecule has 38 valence electrons. The van der Waals surface area contributed by atoms with Gasteiger partial charge >= 0.3 is 0 Å². The third kappa shape index (κ3) is 1.31. The molecule has 0 amide bonds. The van der Waals surface area contributed by atoms with Crippen LogP contribution in [-0.4, -0.2) is 4.98 Å². The largest absolute Gasteiger partial charge is 0.355 e. The summed E-state index contributed by atoms with van der Waals surface area (Å²) in [6.07, 6.45) is 1.87. The van der Waals surface area contributed by atoms with E-state index in [0.29, 0.717) is 0 Å². The molecule has 0 radical (unpaired) electrons. The predicted octanol–water partition coefficient (Wildman–Crippen LogP) is 2.54. The first kappa shape index (κ1) is 5.38. The Labute approximate surface area is 58.4 Å². The van der Waals surface area contributed by atoms with E-state index in [1.165, 1.54) is 0 Å². The van der Waals surface area contributed by atoms with Crippen molar-refractivity contribution in [2.75, 3.05) is 0 Å². The predicted molar refractivity (Wildman–Crippen MR) is 36.2 cm³/mol. The van der Waals surface area contributed by atoms with Gasteiger partial charge in [0.25, 0.3) is 0 Å². The van der Waals surface area contributed by atoms with E-state index in [2.05, 4.69) is 36.8 Å². The van der Waals surface area contributed by atoms with Crippen molar-refractivity contribution in [3.63, 3.8) is 0 Å². The molecule has 1 heterocycles. The maximum absolute atomic E-state index is 3.27. The van der Waals surface area contributed by atoms with Crippen LogP contribution in [0.25, 0.3) is 0 Å². The summed E-state index contributed by atoms with van der Waals surface area (Å²) >= 11 is 6.52. The van der Waals surface area contributed by atoms with Crippen molar-refractivity contribution in [1.29, 1.82) is 0 Å². The molecule has 0 unspecified atom stereocenters. The molecule has 0 saturated heterocycles. The standard InChI is InChI=1S/C4H3Br2N/c5-3-1-4(6)7-2-3/h1-2,7H. The first-order chi connectivity index (χ1) is 3.29. The van der Waals surface area contributed by atoms with Crippen molar-refractivity contribution in [1.82, 2.24) is 4.98 Å². The molecule has 0 aliphatic heterocycles. The normalized spacial score (nSPS) is 9.43. The van der Waals surface area contributed by atoms with Crippen LogP contribution < -0.4 is 0 Å². The number of rotatable bonds is 0. The zero-order valence-corrected chi connectivity index (χ0v) is 6.58. The van der Waals surface area contributed by atoms with E-state index in [9.17, 15) is 0 Å². The van der Waals surface area contributed by atoms with E-state index in [4.69, 9.17) is 0 Å². The summed E-state index contributed by atoms with van der Waals surface area (Å²) in [4.78, 5) is 2.94. The van der Waals surface area contributed by atoms with Gasteiger partial charge in [-0.15, -0.1) is 0 Å². The molecule has 1 N–H and O–H groups in total. The first-order valence-electron chi connectivity index (χ1n) is 1.78. The molecular weight excluding hydrogens is 222 g/mol. The molecular formula is C4H3Br2N. The lowest BCUT2D eigenvalue weighted by atomic mass is 10.7. The Hall–Kier alpha value is 0.240. The van der Waals surface area contributed by atoms with Crippen LogP contribution in [0.4, 0.5) is 0 Å². The molecule has 0 aromatic carbocycles. The maximum Gasteiger partial charge on any atom is 0.0831 e. The van der Waals surface area contributed by atoms with Crippen LogP contribution in [-0.2, 0) is 0 Å². The van der Waals surface area contributed by atoms with Crippen molar-refractivity contribution >= 4 is 31.9 Å². The van der Waals surface area contributed by atoms with Crippen molar-refractivity contribution in [2.24, 2.45) is 0 Å². The quantitative estimate of drug-likeness (QED) is 0.698. The minimum Gasteiger partial charge on any atom is -0.355 e. The number of H-pyrrole nitrogens is 1. The van der Waals surface area contributed by atoms with Gasteiger partial charge in [0.15, 0.2) is 0 Å². The molecule has 7 heavy (non-hydrogen) atoms. The zero-order valence-electron chi connectivity index (χ0n) is 3.41. The van der Waals surface area contributed by atoms with Gasteiger partial charge < -0.3 is 4.98 Å². The highest BCUT2D eigenvalue weighted by Crippen LogP contribution is 2.14. The molecule has 0 aliphatic carbocycles. The molecule has 0 aliphatic rings. The number of aromatic amines is 1. The minimum absolute atomic E-state index is 0.999. The number of hydrogen-bond donors (Lipinski definition) is 1. The van der Waals surface area contributed by atoms with Gasteiger partial charge in [-0.1, -0.05) is 0 Å². The Morgan fingerprint density at radius 1 is 1.43 bits per heavy atom. The van der Waals surface area contributed by atoms with Crippen molar-refractivity contribution in [3.8, 4) is 0 Å². The third-order valence-corrected chi connectivity index (χ3v) is 1.53. The zero-order chi connectivity index (χ0) is 5.28. The Morgan fingerprint density at radius 3 is 2.29 bits per heavy atom. The number of halogens is 2. The fraction of sp³-hybridized carbons (Fsp3) is 0. The number of nitrogens with one attached hydrogen (secondary N) is 1.